The Kier molecular flexibility index (Phi) is 4.63. The molecule has 0 bridgehead atoms. The van der Waals surface area contributed by atoms with Crippen LogP contribution in [-0.2, 0) is 10.0 Å². The number of rotatable bonds is 4. The summed E-state index contributed by atoms with van der Waals surface area (Å²) in [5.74, 6) is 1.27. The second-order valence-corrected chi connectivity index (χ2v) is 7.52. The Balaban J connectivity index is 2.04. The Bertz CT molecular complexity index is 496. The van der Waals surface area contributed by atoms with Gasteiger partial charge in [0.05, 0.1) is 4.90 Å². The van der Waals surface area contributed by atoms with Gasteiger partial charge in [-0.2, -0.15) is 0 Å². The molecule has 0 amide bonds. The van der Waals surface area contributed by atoms with Crippen molar-refractivity contribution in [3.05, 3.63) is 30.3 Å². The molecule has 0 radical (unpaired) electrons. The van der Waals surface area contributed by atoms with Crippen LogP contribution in [0.1, 0.15) is 39.5 Å². The van der Waals surface area contributed by atoms with Crippen LogP contribution in [0.2, 0.25) is 0 Å². The Morgan fingerprint density at radius 3 is 2.47 bits per heavy atom. The van der Waals surface area contributed by atoms with Gasteiger partial charge >= 0.3 is 0 Å². The maximum atomic E-state index is 12.3. The smallest absolute Gasteiger partial charge is 0.208 e. The third kappa shape index (κ3) is 3.80. The van der Waals surface area contributed by atoms with E-state index in [1.807, 2.05) is 6.07 Å². The van der Waals surface area contributed by atoms with E-state index in [2.05, 4.69) is 18.6 Å². The molecule has 2 unspecified atom stereocenters. The quantitative estimate of drug-likeness (QED) is 0.921. The van der Waals surface area contributed by atoms with Gasteiger partial charge in [0.15, 0.2) is 0 Å². The van der Waals surface area contributed by atoms with Gasteiger partial charge in [0.1, 0.15) is 0 Å². The Hall–Kier alpha value is -0.870. The van der Waals surface area contributed by atoms with Crippen molar-refractivity contribution in [1.82, 2.24) is 4.72 Å². The lowest BCUT2D eigenvalue weighted by molar-refractivity contribution is 0.246. The van der Waals surface area contributed by atoms with Gasteiger partial charge in [-0.3, -0.25) is 0 Å². The Labute approximate surface area is 116 Å². The third-order valence-electron chi connectivity index (χ3n) is 4.03. The van der Waals surface area contributed by atoms with Crippen molar-refractivity contribution in [3.63, 3.8) is 0 Å². The van der Waals surface area contributed by atoms with Gasteiger partial charge in [0, 0.05) is 6.04 Å². The second-order valence-electron chi connectivity index (χ2n) is 5.80. The molecule has 0 aliphatic heterocycles. The first kappa shape index (κ1) is 14.5. The minimum absolute atomic E-state index is 0.0892. The topological polar surface area (TPSA) is 46.2 Å². The number of hydrogen-bond acceptors (Lipinski definition) is 2. The van der Waals surface area contributed by atoms with Crippen LogP contribution in [0, 0.1) is 11.8 Å². The molecule has 2 atom stereocenters. The molecule has 19 heavy (non-hydrogen) atoms. The lowest BCUT2D eigenvalue weighted by atomic mass is 9.80. The van der Waals surface area contributed by atoms with Crippen molar-refractivity contribution >= 4 is 10.0 Å². The number of sulfonamides is 1. The van der Waals surface area contributed by atoms with E-state index in [0.29, 0.717) is 16.7 Å². The number of nitrogens with one attached hydrogen (secondary N) is 1. The molecule has 106 valence electrons. The van der Waals surface area contributed by atoms with Crippen molar-refractivity contribution in [2.75, 3.05) is 0 Å². The molecule has 1 aliphatic carbocycles. The molecule has 0 heterocycles. The summed E-state index contributed by atoms with van der Waals surface area (Å²) in [5.41, 5.74) is 0. The summed E-state index contributed by atoms with van der Waals surface area (Å²) in [6, 6.07) is 8.72. The predicted molar refractivity (Wildman–Crippen MR) is 77.3 cm³/mol. The Morgan fingerprint density at radius 2 is 1.84 bits per heavy atom. The van der Waals surface area contributed by atoms with Gasteiger partial charge in [0.2, 0.25) is 10.0 Å². The molecule has 4 heteroatoms. The van der Waals surface area contributed by atoms with E-state index in [1.165, 1.54) is 6.42 Å². The zero-order valence-corrected chi connectivity index (χ0v) is 12.5. The van der Waals surface area contributed by atoms with Crippen LogP contribution >= 0.6 is 0 Å². The largest absolute Gasteiger partial charge is 0.240 e. The van der Waals surface area contributed by atoms with Gasteiger partial charge < -0.3 is 0 Å². The van der Waals surface area contributed by atoms with Gasteiger partial charge in [-0.05, 0) is 36.8 Å². The van der Waals surface area contributed by atoms with Gasteiger partial charge in [-0.15, -0.1) is 0 Å². The summed E-state index contributed by atoms with van der Waals surface area (Å²) >= 11 is 0. The van der Waals surface area contributed by atoms with Crippen molar-refractivity contribution in [2.45, 2.75) is 50.5 Å². The SMILES string of the molecule is CC(C)C1CCCC(NS(=O)(=O)c2ccccc2)C1. The molecule has 1 aliphatic rings. The van der Waals surface area contributed by atoms with Gasteiger partial charge in [0.25, 0.3) is 0 Å². The highest BCUT2D eigenvalue weighted by Crippen LogP contribution is 2.30. The second kappa shape index (κ2) is 6.06. The predicted octanol–water partition coefficient (Wildman–Crippen LogP) is 3.18. The fraction of sp³-hybridized carbons (Fsp3) is 0.600. The minimum Gasteiger partial charge on any atom is -0.208 e. The van der Waals surface area contributed by atoms with Gasteiger partial charge in [-0.25, -0.2) is 13.1 Å². The van der Waals surface area contributed by atoms with E-state index in [1.54, 1.807) is 24.3 Å². The highest BCUT2D eigenvalue weighted by atomic mass is 32.2. The van der Waals surface area contributed by atoms with Crippen molar-refractivity contribution < 1.29 is 8.42 Å². The summed E-state index contributed by atoms with van der Waals surface area (Å²) in [6.07, 6.45) is 4.26. The number of benzene rings is 1. The molecule has 1 saturated carbocycles. The molecule has 0 spiro atoms. The van der Waals surface area contributed by atoms with Crippen molar-refractivity contribution in [1.29, 1.82) is 0 Å². The number of hydrogen-bond donors (Lipinski definition) is 1. The zero-order chi connectivity index (χ0) is 13.9. The third-order valence-corrected chi connectivity index (χ3v) is 5.57. The first-order chi connectivity index (χ1) is 8.99. The lowest BCUT2D eigenvalue weighted by Gasteiger charge is -2.31. The first-order valence-corrected chi connectivity index (χ1v) is 8.55. The Morgan fingerprint density at radius 1 is 1.16 bits per heavy atom. The van der Waals surface area contributed by atoms with Crippen LogP contribution in [0.15, 0.2) is 35.2 Å². The van der Waals surface area contributed by atoms with E-state index < -0.39 is 10.0 Å². The minimum atomic E-state index is -3.36. The highest BCUT2D eigenvalue weighted by Gasteiger charge is 2.27. The molecule has 1 fully saturated rings. The normalized spacial score (nSPS) is 24.6. The molecule has 0 aromatic heterocycles. The van der Waals surface area contributed by atoms with Crippen LogP contribution in [0.4, 0.5) is 0 Å². The summed E-state index contributed by atoms with van der Waals surface area (Å²) in [6.45, 7) is 4.44. The lowest BCUT2D eigenvalue weighted by Crippen LogP contribution is -2.39. The molecule has 1 aromatic rings. The summed E-state index contributed by atoms with van der Waals surface area (Å²) in [7, 11) is -3.36. The average molecular weight is 281 g/mol. The molecular formula is C15H23NO2S. The van der Waals surface area contributed by atoms with Gasteiger partial charge in [-0.1, -0.05) is 44.9 Å². The van der Waals surface area contributed by atoms with Crippen LogP contribution in [0.5, 0.6) is 0 Å². The monoisotopic (exact) mass is 281 g/mol. The van der Waals surface area contributed by atoms with E-state index in [4.69, 9.17) is 0 Å². The van der Waals surface area contributed by atoms with Crippen LogP contribution in [0.3, 0.4) is 0 Å². The maximum Gasteiger partial charge on any atom is 0.240 e. The van der Waals surface area contributed by atoms with Crippen molar-refractivity contribution in [2.24, 2.45) is 11.8 Å². The molecule has 3 nitrogen and oxygen atoms in total. The fourth-order valence-electron chi connectivity index (χ4n) is 2.83. The van der Waals surface area contributed by atoms with Crippen LogP contribution in [0.25, 0.3) is 0 Å². The fourth-order valence-corrected chi connectivity index (χ4v) is 4.13. The van der Waals surface area contributed by atoms with E-state index in [0.717, 1.165) is 19.3 Å². The standard InChI is InChI=1S/C15H23NO2S/c1-12(2)13-7-6-8-14(11-13)16-19(17,18)15-9-4-3-5-10-15/h3-5,9-10,12-14,16H,6-8,11H2,1-2H3. The molecular weight excluding hydrogens is 258 g/mol. The summed E-state index contributed by atoms with van der Waals surface area (Å²) in [5, 5.41) is 0. The summed E-state index contributed by atoms with van der Waals surface area (Å²) < 4.78 is 27.4. The van der Waals surface area contributed by atoms with Crippen LogP contribution in [-0.4, -0.2) is 14.5 Å². The molecule has 1 N–H and O–H groups in total. The van der Waals surface area contributed by atoms with E-state index >= 15 is 0 Å². The highest BCUT2D eigenvalue weighted by molar-refractivity contribution is 7.89. The molecule has 0 saturated heterocycles. The van der Waals surface area contributed by atoms with E-state index in [9.17, 15) is 8.42 Å². The molecule has 2 rings (SSSR count). The van der Waals surface area contributed by atoms with E-state index in [-0.39, 0.29) is 6.04 Å². The maximum absolute atomic E-state index is 12.3. The first-order valence-electron chi connectivity index (χ1n) is 7.06. The summed E-state index contributed by atoms with van der Waals surface area (Å²) in [4.78, 5) is 0.363. The van der Waals surface area contributed by atoms with Crippen LogP contribution < -0.4 is 4.72 Å². The zero-order valence-electron chi connectivity index (χ0n) is 11.7. The molecule has 1 aromatic carbocycles. The average Bonchev–Trinajstić information content (AvgIpc) is 2.39. The van der Waals surface area contributed by atoms with Crippen molar-refractivity contribution in [3.8, 4) is 0 Å².